The van der Waals surface area contributed by atoms with Crippen molar-refractivity contribution in [1.82, 2.24) is 4.90 Å². The summed E-state index contributed by atoms with van der Waals surface area (Å²) in [4.78, 5) is 12.8. The van der Waals surface area contributed by atoms with Crippen molar-refractivity contribution in [1.29, 1.82) is 0 Å². The molecule has 0 radical (unpaired) electrons. The first-order valence-electron chi connectivity index (χ1n) is 4.42. The molecule has 2 rings (SSSR count). The summed E-state index contributed by atoms with van der Waals surface area (Å²) in [5, 5.41) is 1.02. The van der Waals surface area contributed by atoms with Crippen LogP contribution in [0.15, 0.2) is 18.2 Å². The zero-order valence-electron chi connectivity index (χ0n) is 8.04. The van der Waals surface area contributed by atoms with Crippen LogP contribution in [-0.4, -0.2) is 24.5 Å². The van der Waals surface area contributed by atoms with Crippen LogP contribution in [0.1, 0.15) is 11.8 Å². The van der Waals surface area contributed by atoms with Gasteiger partial charge in [0.15, 0.2) is 6.23 Å². The number of amides is 1. The first-order valence-corrected chi connectivity index (χ1v) is 5.18. The maximum absolute atomic E-state index is 11.3. The minimum absolute atomic E-state index is 0.0721. The fraction of sp³-hybridized carbons (Fsp3) is 0.300. The van der Waals surface area contributed by atoms with Crippen molar-refractivity contribution in [3.8, 4) is 0 Å². The maximum Gasteiger partial charge on any atom is 0.250 e. The largest absolute Gasteiger partial charge is 0.344 e. The highest BCUT2D eigenvalue weighted by Gasteiger charge is 2.32. The van der Waals surface area contributed by atoms with Crippen LogP contribution in [0, 0.1) is 0 Å². The standard InChI is InChI=1S/C10H9Cl2NO2/c1-13-8(14)5-15-10(13)9-6(11)3-2-4-7(9)12/h2-4,10H,5H2,1H3. The van der Waals surface area contributed by atoms with Crippen molar-refractivity contribution >= 4 is 29.1 Å². The van der Waals surface area contributed by atoms with Gasteiger partial charge in [-0.2, -0.15) is 0 Å². The molecule has 1 fully saturated rings. The minimum Gasteiger partial charge on any atom is -0.344 e. The molecular weight excluding hydrogens is 237 g/mol. The number of hydrogen-bond donors (Lipinski definition) is 0. The Morgan fingerprint density at radius 2 is 2.00 bits per heavy atom. The van der Waals surface area contributed by atoms with Crippen LogP contribution >= 0.6 is 23.2 Å². The van der Waals surface area contributed by atoms with Gasteiger partial charge in [0.2, 0.25) is 0 Å². The van der Waals surface area contributed by atoms with Crippen molar-refractivity contribution < 1.29 is 9.53 Å². The van der Waals surface area contributed by atoms with E-state index in [-0.39, 0.29) is 12.5 Å². The highest BCUT2D eigenvalue weighted by atomic mass is 35.5. The Hall–Kier alpha value is -0.770. The van der Waals surface area contributed by atoms with Crippen molar-refractivity contribution in [2.75, 3.05) is 13.7 Å². The van der Waals surface area contributed by atoms with E-state index in [1.54, 1.807) is 25.2 Å². The fourth-order valence-corrected chi connectivity index (χ4v) is 2.10. The van der Waals surface area contributed by atoms with E-state index in [9.17, 15) is 4.79 Å². The molecule has 1 atom stereocenters. The minimum atomic E-state index is -0.473. The van der Waals surface area contributed by atoms with Gasteiger partial charge in [-0.1, -0.05) is 29.3 Å². The predicted octanol–water partition coefficient (Wildman–Crippen LogP) is 2.48. The molecule has 0 aromatic heterocycles. The van der Waals surface area contributed by atoms with Crippen LogP contribution in [0.3, 0.4) is 0 Å². The molecule has 0 spiro atoms. The Morgan fingerprint density at radius 1 is 1.40 bits per heavy atom. The topological polar surface area (TPSA) is 29.5 Å². The van der Waals surface area contributed by atoms with Gasteiger partial charge in [0.25, 0.3) is 5.91 Å². The predicted molar refractivity (Wildman–Crippen MR) is 57.9 cm³/mol. The third-order valence-electron chi connectivity index (χ3n) is 2.36. The molecule has 0 saturated carbocycles. The van der Waals surface area contributed by atoms with Crippen molar-refractivity contribution in [3.63, 3.8) is 0 Å². The average molecular weight is 246 g/mol. The second kappa shape index (κ2) is 4.00. The molecule has 0 aliphatic carbocycles. The van der Waals surface area contributed by atoms with Gasteiger partial charge >= 0.3 is 0 Å². The molecular formula is C10H9Cl2NO2. The van der Waals surface area contributed by atoms with Gasteiger partial charge < -0.3 is 9.64 Å². The van der Waals surface area contributed by atoms with Gasteiger partial charge in [0.1, 0.15) is 6.61 Å². The first kappa shape index (κ1) is 10.7. The van der Waals surface area contributed by atoms with Crippen molar-refractivity contribution in [2.24, 2.45) is 0 Å². The van der Waals surface area contributed by atoms with Crippen LogP contribution < -0.4 is 0 Å². The number of hydrogen-bond acceptors (Lipinski definition) is 2. The van der Waals surface area contributed by atoms with E-state index in [1.807, 2.05) is 0 Å². The van der Waals surface area contributed by atoms with Crippen LogP contribution in [0.2, 0.25) is 10.0 Å². The zero-order valence-corrected chi connectivity index (χ0v) is 9.55. The number of likely N-dealkylation sites (N-methyl/N-ethyl adjacent to an activating group) is 1. The van der Waals surface area contributed by atoms with Crippen LogP contribution in [0.25, 0.3) is 0 Å². The number of carbonyl (C=O) groups is 1. The number of rotatable bonds is 1. The Morgan fingerprint density at radius 3 is 2.47 bits per heavy atom. The summed E-state index contributed by atoms with van der Waals surface area (Å²) in [6.45, 7) is 0.0721. The zero-order chi connectivity index (χ0) is 11.0. The molecule has 1 unspecified atom stereocenters. The van der Waals surface area contributed by atoms with Crippen LogP contribution in [0.5, 0.6) is 0 Å². The van der Waals surface area contributed by atoms with Gasteiger partial charge in [-0.3, -0.25) is 4.79 Å². The molecule has 80 valence electrons. The maximum atomic E-state index is 11.3. The Bertz CT molecular complexity index is 388. The van der Waals surface area contributed by atoms with E-state index in [4.69, 9.17) is 27.9 Å². The molecule has 1 aliphatic heterocycles. The van der Waals surface area contributed by atoms with E-state index in [1.165, 1.54) is 4.90 Å². The number of benzene rings is 1. The summed E-state index contributed by atoms with van der Waals surface area (Å²) >= 11 is 12.0. The fourth-order valence-electron chi connectivity index (χ4n) is 1.52. The first-order chi connectivity index (χ1) is 7.11. The van der Waals surface area contributed by atoms with Gasteiger partial charge in [-0.25, -0.2) is 0 Å². The number of carbonyl (C=O) groups excluding carboxylic acids is 1. The Labute approximate surface area is 97.5 Å². The normalized spacial score (nSPS) is 21.1. The monoisotopic (exact) mass is 245 g/mol. The second-order valence-electron chi connectivity index (χ2n) is 3.30. The van der Waals surface area contributed by atoms with E-state index in [0.717, 1.165) is 0 Å². The summed E-state index contributed by atoms with van der Waals surface area (Å²) < 4.78 is 5.33. The molecule has 15 heavy (non-hydrogen) atoms. The Kier molecular flexibility index (Phi) is 2.87. The second-order valence-corrected chi connectivity index (χ2v) is 4.12. The number of nitrogens with zero attached hydrogens (tertiary/aromatic N) is 1. The molecule has 0 N–H and O–H groups in total. The lowest BCUT2D eigenvalue weighted by atomic mass is 10.2. The summed E-state index contributed by atoms with van der Waals surface area (Å²) in [5.74, 6) is -0.0732. The molecule has 1 heterocycles. The van der Waals surface area contributed by atoms with E-state index in [2.05, 4.69) is 0 Å². The number of halogens is 2. The van der Waals surface area contributed by atoms with Crippen LogP contribution in [-0.2, 0) is 9.53 Å². The van der Waals surface area contributed by atoms with E-state index < -0.39 is 6.23 Å². The molecule has 1 amide bonds. The highest BCUT2D eigenvalue weighted by molar-refractivity contribution is 6.36. The summed E-state index contributed by atoms with van der Waals surface area (Å²) in [7, 11) is 1.67. The Balaban J connectivity index is 2.42. The third kappa shape index (κ3) is 1.83. The lowest BCUT2D eigenvalue weighted by Gasteiger charge is -2.20. The van der Waals surface area contributed by atoms with Gasteiger partial charge in [-0.15, -0.1) is 0 Å². The molecule has 3 nitrogen and oxygen atoms in total. The SMILES string of the molecule is CN1C(=O)COC1c1c(Cl)cccc1Cl. The molecule has 1 aliphatic rings. The smallest absolute Gasteiger partial charge is 0.250 e. The average Bonchev–Trinajstić information content (AvgIpc) is 2.49. The van der Waals surface area contributed by atoms with Gasteiger partial charge in [0, 0.05) is 22.7 Å². The van der Waals surface area contributed by atoms with Gasteiger partial charge in [-0.05, 0) is 12.1 Å². The highest BCUT2D eigenvalue weighted by Crippen LogP contribution is 2.36. The molecule has 0 bridgehead atoms. The molecule has 1 aromatic rings. The summed E-state index contributed by atoms with van der Waals surface area (Å²) in [5.41, 5.74) is 0.647. The van der Waals surface area contributed by atoms with Crippen LogP contribution in [0.4, 0.5) is 0 Å². The summed E-state index contributed by atoms with van der Waals surface area (Å²) in [6.07, 6.45) is -0.473. The molecule has 1 saturated heterocycles. The molecule has 1 aromatic carbocycles. The van der Waals surface area contributed by atoms with E-state index >= 15 is 0 Å². The summed E-state index contributed by atoms with van der Waals surface area (Å²) in [6, 6.07) is 5.20. The number of ether oxygens (including phenoxy) is 1. The third-order valence-corrected chi connectivity index (χ3v) is 3.02. The van der Waals surface area contributed by atoms with Crippen molar-refractivity contribution in [3.05, 3.63) is 33.8 Å². The lowest BCUT2D eigenvalue weighted by molar-refractivity contribution is -0.126. The van der Waals surface area contributed by atoms with Crippen molar-refractivity contribution in [2.45, 2.75) is 6.23 Å². The van der Waals surface area contributed by atoms with E-state index in [0.29, 0.717) is 15.6 Å². The quantitative estimate of drug-likeness (QED) is 0.761. The molecule has 5 heteroatoms. The lowest BCUT2D eigenvalue weighted by Crippen LogP contribution is -2.23. The van der Waals surface area contributed by atoms with Gasteiger partial charge in [0.05, 0.1) is 0 Å².